The molecule has 3 aromatic carbocycles. The molecular formula is C28H17N3PtS. The van der Waals surface area contributed by atoms with Crippen LogP contribution in [0, 0.1) is 12.1 Å². The molecule has 0 atom stereocenters. The zero-order chi connectivity index (χ0) is 22.2. The van der Waals surface area contributed by atoms with Gasteiger partial charge in [0, 0.05) is 17.9 Å². The van der Waals surface area contributed by atoms with Gasteiger partial charge in [-0.1, -0.05) is 52.4 Å². The molecule has 0 amide bonds. The molecule has 160 valence electrons. The van der Waals surface area contributed by atoms with E-state index in [0.29, 0.717) is 6.04 Å². The van der Waals surface area contributed by atoms with Gasteiger partial charge >= 0.3 is 21.1 Å². The van der Waals surface area contributed by atoms with Crippen LogP contribution in [0.25, 0.3) is 38.8 Å². The fourth-order valence-electron chi connectivity index (χ4n) is 3.92. The van der Waals surface area contributed by atoms with E-state index in [2.05, 4.69) is 57.0 Å². The molecule has 3 nitrogen and oxygen atoms in total. The van der Waals surface area contributed by atoms with Crippen LogP contribution in [0.3, 0.4) is 0 Å². The molecule has 0 unspecified atom stereocenters. The van der Waals surface area contributed by atoms with E-state index in [0.717, 1.165) is 48.7 Å². The summed E-state index contributed by atoms with van der Waals surface area (Å²) < 4.78 is 9.91. The monoisotopic (exact) mass is 623 g/mol. The Morgan fingerprint density at radius 1 is 0.727 bits per heavy atom. The molecule has 0 bridgehead atoms. The number of rotatable bonds is 4. The van der Waals surface area contributed by atoms with Crippen LogP contribution in [0.2, 0.25) is 0 Å². The molecule has 0 saturated carbocycles. The van der Waals surface area contributed by atoms with Crippen LogP contribution in [0.1, 0.15) is 1.37 Å². The Morgan fingerprint density at radius 3 is 2.45 bits per heavy atom. The molecular weight excluding hydrogens is 605 g/mol. The van der Waals surface area contributed by atoms with Gasteiger partial charge in [-0.2, -0.15) is 30.3 Å². The van der Waals surface area contributed by atoms with E-state index in [1.807, 2.05) is 48.5 Å². The van der Waals surface area contributed by atoms with Crippen molar-refractivity contribution < 1.29 is 22.4 Å². The third-order valence-corrected chi connectivity index (χ3v) is 6.23. The van der Waals surface area contributed by atoms with Crippen LogP contribution < -0.4 is 0 Å². The molecule has 0 fully saturated rings. The SMILES string of the molecule is [2H]c1ccc(-n2c3[c-]c(-c4[c-]c(Sc5ccccn5)ccc4)ccc3c3ccccc32)nc1.[Pt+2]. The quantitative estimate of drug-likeness (QED) is 0.199. The van der Waals surface area contributed by atoms with Crippen molar-refractivity contribution in [2.24, 2.45) is 0 Å². The maximum Gasteiger partial charge on any atom is 2.00 e. The summed E-state index contributed by atoms with van der Waals surface area (Å²) in [5.74, 6) is 0.772. The molecule has 0 aliphatic heterocycles. The number of aromatic nitrogens is 3. The summed E-state index contributed by atoms with van der Waals surface area (Å²) in [5, 5.41) is 3.20. The van der Waals surface area contributed by atoms with E-state index in [1.54, 1.807) is 30.2 Å². The van der Waals surface area contributed by atoms with Crippen molar-refractivity contribution in [3.05, 3.63) is 115 Å². The molecule has 5 heteroatoms. The maximum absolute atomic E-state index is 7.80. The van der Waals surface area contributed by atoms with Gasteiger partial charge in [0.15, 0.2) is 0 Å². The van der Waals surface area contributed by atoms with Crippen LogP contribution in [0.15, 0.2) is 113 Å². The second kappa shape index (κ2) is 9.35. The normalized spacial score (nSPS) is 11.3. The first-order valence-corrected chi connectivity index (χ1v) is 11.1. The number of nitrogens with zero attached hydrogens (tertiary/aromatic N) is 3. The second-order valence-electron chi connectivity index (χ2n) is 7.30. The summed E-state index contributed by atoms with van der Waals surface area (Å²) in [6, 6.07) is 35.8. The summed E-state index contributed by atoms with van der Waals surface area (Å²) in [4.78, 5) is 9.93. The minimum Gasteiger partial charge on any atom is -0.314 e. The number of hydrogen-bond donors (Lipinski definition) is 0. The molecule has 6 rings (SSSR count). The predicted molar refractivity (Wildman–Crippen MR) is 130 cm³/mol. The standard InChI is InChI=1S/C28H17N3S.Pt/c1-2-11-25-23(10-1)24-15-14-21(19-26(24)31(25)27-12-3-5-16-29-27)20-8-7-9-22(18-20)32-28-13-4-6-17-30-28;/h1-17H;/q-2;+2/i5D;. The van der Waals surface area contributed by atoms with Crippen molar-refractivity contribution in [2.45, 2.75) is 9.92 Å². The van der Waals surface area contributed by atoms with Crippen molar-refractivity contribution >= 4 is 33.6 Å². The average Bonchev–Trinajstić information content (AvgIpc) is 3.19. The van der Waals surface area contributed by atoms with Gasteiger partial charge in [-0.05, 0) is 41.2 Å². The predicted octanol–water partition coefficient (Wildman–Crippen LogP) is 6.99. The van der Waals surface area contributed by atoms with Crippen molar-refractivity contribution in [1.82, 2.24) is 14.5 Å². The number of hydrogen-bond acceptors (Lipinski definition) is 3. The molecule has 0 spiro atoms. The minimum atomic E-state index is 0. The van der Waals surface area contributed by atoms with E-state index in [-0.39, 0.29) is 21.1 Å². The minimum absolute atomic E-state index is 0. The van der Waals surface area contributed by atoms with Crippen molar-refractivity contribution in [3.8, 4) is 16.9 Å². The number of pyridine rings is 2. The molecule has 0 aliphatic carbocycles. The first-order valence-electron chi connectivity index (χ1n) is 10.8. The topological polar surface area (TPSA) is 30.7 Å². The van der Waals surface area contributed by atoms with Gasteiger partial charge in [0.2, 0.25) is 0 Å². The van der Waals surface area contributed by atoms with Crippen molar-refractivity contribution in [3.63, 3.8) is 0 Å². The van der Waals surface area contributed by atoms with Crippen LogP contribution in [-0.2, 0) is 21.1 Å². The van der Waals surface area contributed by atoms with Crippen LogP contribution in [0.4, 0.5) is 0 Å². The number of benzene rings is 3. The van der Waals surface area contributed by atoms with Crippen LogP contribution >= 0.6 is 11.8 Å². The largest absolute Gasteiger partial charge is 2.00 e. The second-order valence-corrected chi connectivity index (χ2v) is 8.36. The maximum atomic E-state index is 7.80. The van der Waals surface area contributed by atoms with Gasteiger partial charge < -0.3 is 4.57 Å². The summed E-state index contributed by atoms with van der Waals surface area (Å²) in [6.07, 6.45) is 3.37. The Morgan fingerprint density at radius 2 is 1.61 bits per heavy atom. The average molecular weight is 624 g/mol. The van der Waals surface area contributed by atoms with E-state index in [1.165, 1.54) is 0 Å². The molecule has 0 N–H and O–H groups in total. The molecule has 0 saturated heterocycles. The van der Waals surface area contributed by atoms with E-state index >= 15 is 0 Å². The third-order valence-electron chi connectivity index (χ3n) is 5.32. The van der Waals surface area contributed by atoms with Gasteiger partial charge in [0.1, 0.15) is 5.82 Å². The zero-order valence-electron chi connectivity index (χ0n) is 18.3. The first kappa shape index (κ1) is 20.4. The van der Waals surface area contributed by atoms with Crippen molar-refractivity contribution in [2.75, 3.05) is 0 Å². The molecule has 3 heterocycles. The number of para-hydroxylation sites is 1. The molecule has 33 heavy (non-hydrogen) atoms. The fourth-order valence-corrected chi connectivity index (χ4v) is 4.71. The summed E-state index contributed by atoms with van der Waals surface area (Å²) in [5.41, 5.74) is 3.96. The Bertz CT molecular complexity index is 1600. The van der Waals surface area contributed by atoms with Gasteiger partial charge in [-0.3, -0.25) is 0 Å². The Balaban J connectivity index is 0.00000241. The number of fused-ring (bicyclic) bond motifs is 3. The molecule has 6 aromatic rings. The fraction of sp³-hybridized carbons (Fsp3) is 0. The smallest absolute Gasteiger partial charge is 0.314 e. The van der Waals surface area contributed by atoms with E-state index in [4.69, 9.17) is 1.37 Å². The van der Waals surface area contributed by atoms with E-state index < -0.39 is 0 Å². The summed E-state index contributed by atoms with van der Waals surface area (Å²) in [7, 11) is 0. The van der Waals surface area contributed by atoms with Crippen LogP contribution in [-0.4, -0.2) is 14.5 Å². The molecule has 0 aliphatic rings. The zero-order valence-corrected chi connectivity index (χ0v) is 20.4. The Kier molecular flexibility index (Phi) is 5.78. The molecule has 0 radical (unpaired) electrons. The van der Waals surface area contributed by atoms with Gasteiger partial charge in [-0.25, -0.2) is 21.1 Å². The summed E-state index contributed by atoms with van der Waals surface area (Å²) >= 11 is 1.59. The molecule has 3 aromatic heterocycles. The first-order chi connectivity index (χ1) is 16.3. The van der Waals surface area contributed by atoms with Crippen molar-refractivity contribution in [1.29, 1.82) is 0 Å². The Labute approximate surface area is 212 Å². The van der Waals surface area contributed by atoms with Gasteiger partial charge in [-0.15, -0.1) is 12.1 Å². The van der Waals surface area contributed by atoms with E-state index in [9.17, 15) is 0 Å². The van der Waals surface area contributed by atoms with Gasteiger partial charge in [0.05, 0.1) is 6.40 Å². The summed E-state index contributed by atoms with van der Waals surface area (Å²) in [6.45, 7) is 0. The Hall–Kier alpha value is -3.20. The van der Waals surface area contributed by atoms with Crippen LogP contribution in [0.5, 0.6) is 0 Å². The van der Waals surface area contributed by atoms with Gasteiger partial charge in [0.25, 0.3) is 0 Å². The third kappa shape index (κ3) is 4.13.